The molecule has 2 heterocycles. The molecule has 2 aliphatic heterocycles. The quantitative estimate of drug-likeness (QED) is 0.741. The zero-order valence-corrected chi connectivity index (χ0v) is 16.9. The summed E-state index contributed by atoms with van der Waals surface area (Å²) in [5.74, 6) is 0.0750. The number of nitrogens with zero attached hydrogens (tertiary/aromatic N) is 3. The maximum atomic E-state index is 13.0. The van der Waals surface area contributed by atoms with Crippen molar-refractivity contribution in [3.63, 3.8) is 0 Å². The number of hydrogen-bond acceptors (Lipinski definition) is 5. The van der Waals surface area contributed by atoms with Crippen LogP contribution in [0.2, 0.25) is 0 Å². The lowest BCUT2D eigenvalue weighted by atomic mass is 9.73. The Morgan fingerprint density at radius 2 is 1.85 bits per heavy atom. The Balaban J connectivity index is 1.55. The Kier molecular flexibility index (Phi) is 5.38. The number of urea groups is 1. The third-order valence-corrected chi connectivity index (χ3v) is 5.87. The number of carbonyl (C=O) groups is 3. The molecule has 1 aliphatic carbocycles. The summed E-state index contributed by atoms with van der Waals surface area (Å²) < 4.78 is 5.41. The molecule has 1 spiro atoms. The first-order valence-electron chi connectivity index (χ1n) is 9.97. The lowest BCUT2D eigenvalue weighted by Gasteiger charge is -2.38. The van der Waals surface area contributed by atoms with Crippen molar-refractivity contribution in [2.24, 2.45) is 5.92 Å². The fraction of sp³-hybridized carbons (Fsp3) is 0.842. The van der Waals surface area contributed by atoms with E-state index < -0.39 is 11.1 Å². The first kappa shape index (κ1) is 19.9. The van der Waals surface area contributed by atoms with Gasteiger partial charge in [0, 0.05) is 26.2 Å². The molecule has 3 fully saturated rings. The van der Waals surface area contributed by atoms with Gasteiger partial charge in [0.1, 0.15) is 11.1 Å². The van der Waals surface area contributed by atoms with E-state index in [0.717, 1.165) is 25.7 Å². The minimum Gasteiger partial charge on any atom is -0.444 e. The second kappa shape index (κ2) is 7.30. The first-order valence-corrected chi connectivity index (χ1v) is 9.97. The van der Waals surface area contributed by atoms with E-state index in [4.69, 9.17) is 4.74 Å². The lowest BCUT2D eigenvalue weighted by molar-refractivity contribution is -0.136. The van der Waals surface area contributed by atoms with E-state index in [-0.39, 0.29) is 30.6 Å². The largest absolute Gasteiger partial charge is 0.444 e. The number of imide groups is 1. The fourth-order valence-corrected chi connectivity index (χ4v) is 4.22. The van der Waals surface area contributed by atoms with Gasteiger partial charge in [0.15, 0.2) is 0 Å². The summed E-state index contributed by atoms with van der Waals surface area (Å²) in [6.07, 6.45) is 3.46. The average Bonchev–Trinajstić information content (AvgIpc) is 2.82. The Labute approximate surface area is 161 Å². The minimum absolute atomic E-state index is 0.0886. The van der Waals surface area contributed by atoms with Crippen molar-refractivity contribution in [1.29, 1.82) is 0 Å². The van der Waals surface area contributed by atoms with Crippen LogP contribution in [-0.2, 0) is 9.53 Å². The van der Waals surface area contributed by atoms with Crippen molar-refractivity contribution >= 4 is 18.0 Å². The summed E-state index contributed by atoms with van der Waals surface area (Å²) in [7, 11) is 0. The van der Waals surface area contributed by atoms with E-state index in [9.17, 15) is 14.4 Å². The van der Waals surface area contributed by atoms with E-state index in [0.29, 0.717) is 26.2 Å². The number of amides is 4. The SMILES string of the molecule is C[C@H]1CCCC[C@]12NC(=O)N(CN1CCN(C(=O)OC(C)(C)C)CC1)C2=O. The Morgan fingerprint density at radius 1 is 1.19 bits per heavy atom. The van der Waals surface area contributed by atoms with Crippen LogP contribution >= 0.6 is 0 Å². The van der Waals surface area contributed by atoms with E-state index in [2.05, 4.69) is 12.2 Å². The van der Waals surface area contributed by atoms with Gasteiger partial charge in [-0.3, -0.25) is 9.69 Å². The maximum absolute atomic E-state index is 13.0. The van der Waals surface area contributed by atoms with Crippen molar-refractivity contribution in [2.45, 2.75) is 64.5 Å². The molecule has 3 aliphatic rings. The summed E-state index contributed by atoms with van der Waals surface area (Å²) in [5.41, 5.74) is -1.23. The van der Waals surface area contributed by atoms with Crippen LogP contribution in [-0.4, -0.2) is 76.7 Å². The number of piperazine rings is 1. The van der Waals surface area contributed by atoms with Crippen molar-refractivity contribution < 1.29 is 19.1 Å². The van der Waals surface area contributed by atoms with Crippen LogP contribution < -0.4 is 5.32 Å². The molecule has 0 radical (unpaired) electrons. The molecule has 8 heteroatoms. The summed E-state index contributed by atoms with van der Waals surface area (Å²) >= 11 is 0. The minimum atomic E-state index is -0.715. The highest BCUT2D eigenvalue weighted by molar-refractivity contribution is 6.07. The van der Waals surface area contributed by atoms with Crippen molar-refractivity contribution in [1.82, 2.24) is 20.0 Å². The highest BCUT2D eigenvalue weighted by Crippen LogP contribution is 2.38. The van der Waals surface area contributed by atoms with Gasteiger partial charge in [-0.05, 0) is 39.5 Å². The number of nitrogens with one attached hydrogen (secondary N) is 1. The Morgan fingerprint density at radius 3 is 2.44 bits per heavy atom. The van der Waals surface area contributed by atoms with Gasteiger partial charge in [0.2, 0.25) is 0 Å². The molecule has 27 heavy (non-hydrogen) atoms. The molecule has 152 valence electrons. The molecule has 1 saturated carbocycles. The summed E-state index contributed by atoms with van der Waals surface area (Å²) in [5, 5.41) is 2.99. The third kappa shape index (κ3) is 4.05. The molecule has 0 bridgehead atoms. The van der Waals surface area contributed by atoms with E-state index in [1.807, 2.05) is 25.7 Å². The van der Waals surface area contributed by atoms with Crippen LogP contribution in [0.25, 0.3) is 0 Å². The van der Waals surface area contributed by atoms with E-state index in [1.54, 1.807) is 4.90 Å². The summed E-state index contributed by atoms with van der Waals surface area (Å²) in [6.45, 7) is 10.2. The molecule has 3 rings (SSSR count). The molecular formula is C19H32N4O4. The topological polar surface area (TPSA) is 82.2 Å². The molecule has 0 aromatic heterocycles. The lowest BCUT2D eigenvalue weighted by Crippen LogP contribution is -2.55. The van der Waals surface area contributed by atoms with Crippen molar-refractivity contribution in [3.05, 3.63) is 0 Å². The monoisotopic (exact) mass is 380 g/mol. The maximum Gasteiger partial charge on any atom is 0.410 e. The number of carbonyl (C=O) groups excluding carboxylic acids is 3. The van der Waals surface area contributed by atoms with Gasteiger partial charge in [-0.1, -0.05) is 19.8 Å². The predicted octanol–water partition coefficient (Wildman–Crippen LogP) is 2.00. The first-order chi connectivity index (χ1) is 12.6. The molecule has 2 saturated heterocycles. The number of ether oxygens (including phenoxy) is 1. The molecule has 0 aromatic rings. The zero-order valence-electron chi connectivity index (χ0n) is 16.9. The average molecular weight is 380 g/mol. The van der Waals surface area contributed by atoms with Gasteiger partial charge in [-0.2, -0.15) is 0 Å². The van der Waals surface area contributed by atoms with Crippen LogP contribution in [0.1, 0.15) is 53.4 Å². The van der Waals surface area contributed by atoms with Gasteiger partial charge >= 0.3 is 12.1 Å². The molecule has 0 unspecified atom stereocenters. The number of hydrogen-bond donors (Lipinski definition) is 1. The molecule has 8 nitrogen and oxygen atoms in total. The van der Waals surface area contributed by atoms with Gasteiger partial charge < -0.3 is 15.0 Å². The van der Waals surface area contributed by atoms with Crippen molar-refractivity contribution in [2.75, 3.05) is 32.8 Å². The van der Waals surface area contributed by atoms with Gasteiger partial charge in [0.25, 0.3) is 5.91 Å². The summed E-state index contributed by atoms with van der Waals surface area (Å²) in [6, 6.07) is -0.289. The smallest absolute Gasteiger partial charge is 0.410 e. The molecule has 1 N–H and O–H groups in total. The highest BCUT2D eigenvalue weighted by atomic mass is 16.6. The molecule has 4 amide bonds. The zero-order chi connectivity index (χ0) is 19.8. The van der Waals surface area contributed by atoms with Crippen LogP contribution in [0.5, 0.6) is 0 Å². The number of rotatable bonds is 2. The Bertz CT molecular complexity index is 609. The second-order valence-electron chi connectivity index (χ2n) is 9.01. The van der Waals surface area contributed by atoms with Crippen LogP contribution in [0, 0.1) is 5.92 Å². The fourth-order valence-electron chi connectivity index (χ4n) is 4.22. The van der Waals surface area contributed by atoms with Crippen molar-refractivity contribution in [3.8, 4) is 0 Å². The van der Waals surface area contributed by atoms with Gasteiger partial charge in [-0.25, -0.2) is 14.5 Å². The van der Waals surface area contributed by atoms with E-state index in [1.165, 1.54) is 4.90 Å². The van der Waals surface area contributed by atoms with Gasteiger partial charge in [-0.15, -0.1) is 0 Å². The van der Waals surface area contributed by atoms with Crippen LogP contribution in [0.15, 0.2) is 0 Å². The summed E-state index contributed by atoms with van der Waals surface area (Å²) in [4.78, 5) is 42.8. The molecular weight excluding hydrogens is 348 g/mol. The normalized spacial score (nSPS) is 30.0. The molecule has 2 atom stereocenters. The van der Waals surface area contributed by atoms with Crippen LogP contribution in [0.4, 0.5) is 9.59 Å². The third-order valence-electron chi connectivity index (χ3n) is 5.87. The van der Waals surface area contributed by atoms with Gasteiger partial charge in [0.05, 0.1) is 6.67 Å². The second-order valence-corrected chi connectivity index (χ2v) is 9.01. The standard InChI is InChI=1S/C19H32N4O4/c1-14-7-5-6-8-19(14)15(24)23(16(25)20-19)13-21-9-11-22(12-10-21)17(26)27-18(2,3)4/h14H,5-13H2,1-4H3,(H,20,25)/t14-,19-/m0/s1. The van der Waals surface area contributed by atoms with E-state index >= 15 is 0 Å². The predicted molar refractivity (Wildman–Crippen MR) is 100.0 cm³/mol. The van der Waals surface area contributed by atoms with Crippen LogP contribution in [0.3, 0.4) is 0 Å². The highest BCUT2D eigenvalue weighted by Gasteiger charge is 2.55. The molecule has 0 aromatic carbocycles. The Hall–Kier alpha value is -1.83.